The number of para-hydroxylation sites is 1. The molecule has 0 saturated carbocycles. The molecule has 2 nitrogen and oxygen atoms in total. The zero-order chi connectivity index (χ0) is 13.6. The molecule has 0 fully saturated rings. The number of ether oxygens (including phenoxy) is 1. The highest BCUT2D eigenvalue weighted by molar-refractivity contribution is 5.79. The van der Waals surface area contributed by atoms with Crippen LogP contribution < -0.4 is 4.74 Å². The van der Waals surface area contributed by atoms with E-state index < -0.39 is 0 Å². The predicted molar refractivity (Wildman–Crippen MR) is 75.0 cm³/mol. The Morgan fingerprint density at radius 2 is 1.89 bits per heavy atom. The lowest BCUT2D eigenvalue weighted by atomic mass is 9.88. The summed E-state index contributed by atoms with van der Waals surface area (Å²) < 4.78 is 5.56. The van der Waals surface area contributed by atoms with Gasteiger partial charge in [0.05, 0.1) is 6.61 Å². The highest BCUT2D eigenvalue weighted by Crippen LogP contribution is 2.23. The average molecular weight is 248 g/mol. The first-order chi connectivity index (χ1) is 8.42. The molecule has 0 saturated heterocycles. The van der Waals surface area contributed by atoms with Gasteiger partial charge < -0.3 is 4.74 Å². The third-order valence-corrected chi connectivity index (χ3v) is 2.67. The number of carbonyl (C=O) groups excluding carboxylic acids is 1. The van der Waals surface area contributed by atoms with Crippen LogP contribution in [0.4, 0.5) is 0 Å². The summed E-state index contributed by atoms with van der Waals surface area (Å²) in [7, 11) is 0. The molecule has 0 aromatic heterocycles. The normalized spacial score (nSPS) is 11.3. The van der Waals surface area contributed by atoms with Gasteiger partial charge in [0, 0.05) is 12.8 Å². The Balaban J connectivity index is 2.55. The minimum atomic E-state index is 0.0799. The van der Waals surface area contributed by atoms with Crippen molar-refractivity contribution < 1.29 is 9.53 Å². The first-order valence-electron chi connectivity index (χ1n) is 6.65. The molecule has 0 aliphatic heterocycles. The molecule has 0 bridgehead atoms. The lowest BCUT2D eigenvalue weighted by molar-refractivity contribution is -0.120. The fraction of sp³-hybridized carbons (Fsp3) is 0.562. The molecule has 1 aromatic rings. The molecular formula is C16H24O2. The first kappa shape index (κ1) is 14.7. The molecule has 0 heterocycles. The van der Waals surface area contributed by atoms with Gasteiger partial charge in [-0.1, -0.05) is 39.0 Å². The number of hydrogen-bond acceptors (Lipinski definition) is 2. The van der Waals surface area contributed by atoms with Crippen LogP contribution in [0.3, 0.4) is 0 Å². The van der Waals surface area contributed by atoms with E-state index in [-0.39, 0.29) is 5.41 Å². The van der Waals surface area contributed by atoms with Crippen LogP contribution >= 0.6 is 0 Å². The number of benzene rings is 1. The van der Waals surface area contributed by atoms with E-state index in [0.29, 0.717) is 25.2 Å². The van der Waals surface area contributed by atoms with E-state index in [1.165, 1.54) is 0 Å². The Morgan fingerprint density at radius 3 is 2.50 bits per heavy atom. The Labute approximate surface area is 110 Å². The third kappa shape index (κ3) is 5.35. The van der Waals surface area contributed by atoms with Crippen molar-refractivity contribution >= 4 is 5.78 Å². The van der Waals surface area contributed by atoms with Gasteiger partial charge in [-0.15, -0.1) is 0 Å². The Kier molecular flexibility index (Phi) is 5.39. The van der Waals surface area contributed by atoms with Gasteiger partial charge in [-0.3, -0.25) is 4.79 Å². The molecule has 1 rings (SSSR count). The summed E-state index contributed by atoms with van der Waals surface area (Å²) in [5.41, 5.74) is 1.21. The topological polar surface area (TPSA) is 26.3 Å². The maximum atomic E-state index is 11.9. The molecule has 0 N–H and O–H groups in total. The van der Waals surface area contributed by atoms with Gasteiger partial charge in [0.15, 0.2) is 0 Å². The van der Waals surface area contributed by atoms with Crippen LogP contribution in [0.1, 0.15) is 46.1 Å². The smallest absolute Gasteiger partial charge is 0.133 e. The molecule has 0 aliphatic rings. The Bertz CT molecular complexity index is 388. The van der Waals surface area contributed by atoms with Gasteiger partial charge >= 0.3 is 0 Å². The van der Waals surface area contributed by atoms with E-state index in [9.17, 15) is 4.79 Å². The van der Waals surface area contributed by atoms with Crippen molar-refractivity contribution in [1.82, 2.24) is 0 Å². The fourth-order valence-electron chi connectivity index (χ4n) is 1.96. The van der Waals surface area contributed by atoms with Crippen molar-refractivity contribution in [1.29, 1.82) is 0 Å². The largest absolute Gasteiger partial charge is 0.494 e. The zero-order valence-corrected chi connectivity index (χ0v) is 12.0. The number of aryl methyl sites for hydroxylation is 1. The molecule has 18 heavy (non-hydrogen) atoms. The zero-order valence-electron chi connectivity index (χ0n) is 12.0. The SMILES string of the molecule is CCOc1ccccc1CCC(=O)CC(C)(C)C. The maximum absolute atomic E-state index is 11.9. The lowest BCUT2D eigenvalue weighted by Crippen LogP contribution is -2.13. The standard InChI is InChI=1S/C16H24O2/c1-5-18-15-9-7-6-8-13(15)10-11-14(17)12-16(2,3)4/h6-9H,5,10-12H2,1-4H3. The van der Waals surface area contributed by atoms with E-state index in [2.05, 4.69) is 20.8 Å². The van der Waals surface area contributed by atoms with Crippen LogP contribution in [0.15, 0.2) is 24.3 Å². The molecule has 0 amide bonds. The summed E-state index contributed by atoms with van der Waals surface area (Å²) in [6.45, 7) is 8.92. The Morgan fingerprint density at radius 1 is 1.22 bits per heavy atom. The molecular weight excluding hydrogens is 224 g/mol. The number of hydrogen-bond donors (Lipinski definition) is 0. The fourth-order valence-corrected chi connectivity index (χ4v) is 1.96. The molecule has 0 spiro atoms. The minimum absolute atomic E-state index is 0.0799. The molecule has 100 valence electrons. The average Bonchev–Trinajstić information content (AvgIpc) is 2.26. The van der Waals surface area contributed by atoms with Gasteiger partial charge in [-0.2, -0.15) is 0 Å². The summed E-state index contributed by atoms with van der Waals surface area (Å²) in [6, 6.07) is 7.96. The van der Waals surface area contributed by atoms with Gasteiger partial charge in [0.25, 0.3) is 0 Å². The molecule has 1 aromatic carbocycles. The summed E-state index contributed by atoms with van der Waals surface area (Å²) in [4.78, 5) is 11.9. The minimum Gasteiger partial charge on any atom is -0.494 e. The van der Waals surface area contributed by atoms with Crippen LogP contribution in [-0.2, 0) is 11.2 Å². The van der Waals surface area contributed by atoms with Gasteiger partial charge in [-0.25, -0.2) is 0 Å². The van der Waals surface area contributed by atoms with E-state index in [1.807, 2.05) is 31.2 Å². The first-order valence-corrected chi connectivity index (χ1v) is 6.65. The Hall–Kier alpha value is -1.31. The van der Waals surface area contributed by atoms with Crippen molar-refractivity contribution in [3.05, 3.63) is 29.8 Å². The van der Waals surface area contributed by atoms with Crippen LogP contribution in [0, 0.1) is 5.41 Å². The van der Waals surface area contributed by atoms with Gasteiger partial charge in [0.2, 0.25) is 0 Å². The number of rotatable bonds is 6. The maximum Gasteiger partial charge on any atom is 0.133 e. The second-order valence-electron chi connectivity index (χ2n) is 5.82. The molecule has 0 aliphatic carbocycles. The van der Waals surface area contributed by atoms with Crippen LogP contribution in [0.25, 0.3) is 0 Å². The lowest BCUT2D eigenvalue weighted by Gasteiger charge is -2.17. The molecule has 0 unspecified atom stereocenters. The van der Waals surface area contributed by atoms with Crippen LogP contribution in [0.2, 0.25) is 0 Å². The summed E-state index contributed by atoms with van der Waals surface area (Å²) >= 11 is 0. The quantitative estimate of drug-likeness (QED) is 0.760. The van der Waals surface area contributed by atoms with Crippen LogP contribution in [-0.4, -0.2) is 12.4 Å². The van der Waals surface area contributed by atoms with Crippen molar-refractivity contribution in [2.45, 2.75) is 47.0 Å². The van der Waals surface area contributed by atoms with Crippen molar-refractivity contribution in [3.8, 4) is 5.75 Å². The molecule has 2 heteroatoms. The van der Waals surface area contributed by atoms with E-state index in [4.69, 9.17) is 4.74 Å². The summed E-state index contributed by atoms with van der Waals surface area (Å²) in [6.07, 6.45) is 2.01. The van der Waals surface area contributed by atoms with Crippen molar-refractivity contribution in [2.24, 2.45) is 5.41 Å². The second kappa shape index (κ2) is 6.58. The van der Waals surface area contributed by atoms with Gasteiger partial charge in [0.1, 0.15) is 11.5 Å². The van der Waals surface area contributed by atoms with Crippen LogP contribution in [0.5, 0.6) is 5.75 Å². The predicted octanol–water partition coefficient (Wildman–Crippen LogP) is 4.02. The number of carbonyl (C=O) groups is 1. The molecule has 0 radical (unpaired) electrons. The molecule has 0 atom stereocenters. The van der Waals surface area contributed by atoms with E-state index in [1.54, 1.807) is 0 Å². The van der Waals surface area contributed by atoms with E-state index in [0.717, 1.165) is 17.7 Å². The van der Waals surface area contributed by atoms with Gasteiger partial charge in [-0.05, 0) is 30.4 Å². The van der Waals surface area contributed by atoms with E-state index >= 15 is 0 Å². The highest BCUT2D eigenvalue weighted by Gasteiger charge is 2.16. The highest BCUT2D eigenvalue weighted by atomic mass is 16.5. The second-order valence-corrected chi connectivity index (χ2v) is 5.82. The number of ketones is 1. The summed E-state index contributed by atoms with van der Waals surface area (Å²) in [5.74, 6) is 1.23. The van der Waals surface area contributed by atoms with Crippen molar-refractivity contribution in [2.75, 3.05) is 6.61 Å². The third-order valence-electron chi connectivity index (χ3n) is 2.67. The van der Waals surface area contributed by atoms with Crippen molar-refractivity contribution in [3.63, 3.8) is 0 Å². The summed E-state index contributed by atoms with van der Waals surface area (Å²) in [5, 5.41) is 0. The number of Topliss-reactive ketones (excluding diaryl/α,β-unsaturated/α-hetero) is 1. The monoisotopic (exact) mass is 248 g/mol.